The van der Waals surface area contributed by atoms with E-state index < -0.39 is 0 Å². The third-order valence-electron chi connectivity index (χ3n) is 2.87. The minimum atomic E-state index is -0.0988. The summed E-state index contributed by atoms with van der Waals surface area (Å²) in [6, 6.07) is 14.0. The molecule has 0 bridgehead atoms. The van der Waals surface area contributed by atoms with Crippen molar-refractivity contribution in [2.75, 3.05) is 7.11 Å². The fourth-order valence-corrected chi connectivity index (χ4v) is 1.71. The van der Waals surface area contributed by atoms with Crippen LogP contribution in [0.4, 0.5) is 0 Å². The van der Waals surface area contributed by atoms with Crippen LogP contribution >= 0.6 is 0 Å². The Morgan fingerprint density at radius 2 is 1.55 bits per heavy atom. The van der Waals surface area contributed by atoms with Gasteiger partial charge in [-0.25, -0.2) is 0 Å². The average molecular weight is 266 g/mol. The van der Waals surface area contributed by atoms with Crippen molar-refractivity contribution in [2.45, 2.75) is 0 Å². The predicted molar refractivity (Wildman–Crippen MR) is 78.2 cm³/mol. The minimum Gasteiger partial charge on any atom is -0.497 e. The van der Waals surface area contributed by atoms with Gasteiger partial charge in [-0.3, -0.25) is 9.59 Å². The fraction of sp³-hybridized carbons (Fsp3) is 0.0588. The van der Waals surface area contributed by atoms with E-state index in [9.17, 15) is 9.59 Å². The number of carbonyl (C=O) groups excluding carboxylic acids is 2. The van der Waals surface area contributed by atoms with Gasteiger partial charge in [-0.05, 0) is 23.8 Å². The molecule has 3 heteroatoms. The lowest BCUT2D eigenvalue weighted by molar-refractivity contribution is 0.104. The maximum Gasteiger partial charge on any atom is 0.185 e. The molecule has 100 valence electrons. The largest absolute Gasteiger partial charge is 0.497 e. The summed E-state index contributed by atoms with van der Waals surface area (Å²) in [7, 11) is 1.61. The summed E-state index contributed by atoms with van der Waals surface area (Å²) in [5.41, 5.74) is 2.03. The fourth-order valence-electron chi connectivity index (χ4n) is 1.71. The van der Waals surface area contributed by atoms with Gasteiger partial charge in [0, 0.05) is 11.1 Å². The quantitative estimate of drug-likeness (QED) is 0.473. The van der Waals surface area contributed by atoms with Crippen LogP contribution in [0.15, 0.2) is 54.6 Å². The summed E-state index contributed by atoms with van der Waals surface area (Å²) >= 11 is 0. The Bertz CT molecular complexity index is 622. The van der Waals surface area contributed by atoms with Crippen LogP contribution in [0.25, 0.3) is 6.08 Å². The number of ketones is 1. The predicted octanol–water partition coefficient (Wildman–Crippen LogP) is 3.40. The van der Waals surface area contributed by atoms with Crippen LogP contribution in [-0.2, 0) is 0 Å². The first kappa shape index (κ1) is 13.7. The molecule has 2 aromatic carbocycles. The van der Waals surface area contributed by atoms with Gasteiger partial charge in [0.2, 0.25) is 0 Å². The second-order valence-electron chi connectivity index (χ2n) is 4.21. The molecular weight excluding hydrogens is 252 g/mol. The molecular formula is C17H14O3. The second-order valence-corrected chi connectivity index (χ2v) is 4.21. The molecule has 0 fully saturated rings. The van der Waals surface area contributed by atoms with Crippen molar-refractivity contribution in [1.82, 2.24) is 0 Å². The highest BCUT2D eigenvalue weighted by Crippen LogP contribution is 2.13. The molecule has 0 aromatic heterocycles. The van der Waals surface area contributed by atoms with Crippen molar-refractivity contribution >= 4 is 18.1 Å². The third-order valence-corrected chi connectivity index (χ3v) is 2.87. The van der Waals surface area contributed by atoms with E-state index >= 15 is 0 Å². The van der Waals surface area contributed by atoms with Crippen molar-refractivity contribution in [3.05, 3.63) is 71.3 Å². The number of methoxy groups -OCH3 is 1. The van der Waals surface area contributed by atoms with E-state index in [-0.39, 0.29) is 5.78 Å². The van der Waals surface area contributed by atoms with Crippen LogP contribution in [0.1, 0.15) is 26.3 Å². The Kier molecular flexibility index (Phi) is 4.45. The molecule has 0 unspecified atom stereocenters. The molecule has 2 rings (SSSR count). The van der Waals surface area contributed by atoms with E-state index in [1.165, 1.54) is 6.08 Å². The third kappa shape index (κ3) is 3.42. The molecule has 0 saturated heterocycles. The number of aldehydes is 1. The molecule has 0 amide bonds. The SMILES string of the molecule is COc1ccc(C=CC(=O)c2ccc(C=O)cc2)cc1. The Morgan fingerprint density at radius 1 is 0.950 bits per heavy atom. The molecule has 0 aliphatic heterocycles. The Morgan fingerprint density at radius 3 is 2.10 bits per heavy atom. The van der Waals surface area contributed by atoms with Crippen LogP contribution in [0.2, 0.25) is 0 Å². The number of hydrogen-bond acceptors (Lipinski definition) is 3. The van der Waals surface area contributed by atoms with Crippen molar-refractivity contribution < 1.29 is 14.3 Å². The number of hydrogen-bond donors (Lipinski definition) is 0. The minimum absolute atomic E-state index is 0.0988. The molecule has 0 atom stereocenters. The van der Waals surface area contributed by atoms with Gasteiger partial charge in [-0.1, -0.05) is 42.5 Å². The van der Waals surface area contributed by atoms with E-state index in [4.69, 9.17) is 4.74 Å². The van der Waals surface area contributed by atoms with Crippen molar-refractivity contribution in [1.29, 1.82) is 0 Å². The zero-order valence-corrected chi connectivity index (χ0v) is 11.1. The molecule has 0 aliphatic carbocycles. The van der Waals surface area contributed by atoms with Crippen LogP contribution in [-0.4, -0.2) is 19.2 Å². The number of ether oxygens (including phenoxy) is 1. The topological polar surface area (TPSA) is 43.4 Å². The number of rotatable bonds is 5. The highest BCUT2D eigenvalue weighted by molar-refractivity contribution is 6.07. The Labute approximate surface area is 117 Å². The van der Waals surface area contributed by atoms with Gasteiger partial charge in [-0.15, -0.1) is 0 Å². The van der Waals surface area contributed by atoms with Gasteiger partial charge in [-0.2, -0.15) is 0 Å². The van der Waals surface area contributed by atoms with Gasteiger partial charge in [0.15, 0.2) is 5.78 Å². The van der Waals surface area contributed by atoms with Crippen LogP contribution in [0.5, 0.6) is 5.75 Å². The zero-order chi connectivity index (χ0) is 14.4. The zero-order valence-electron chi connectivity index (χ0n) is 11.1. The molecule has 0 N–H and O–H groups in total. The van der Waals surface area contributed by atoms with E-state index in [1.54, 1.807) is 37.5 Å². The van der Waals surface area contributed by atoms with Gasteiger partial charge < -0.3 is 4.74 Å². The molecule has 0 heterocycles. The standard InChI is InChI=1S/C17H14O3/c1-20-16-9-4-13(5-10-16)6-11-17(19)15-7-2-14(12-18)3-8-15/h2-12H,1H3. The molecule has 3 nitrogen and oxygen atoms in total. The first-order valence-electron chi connectivity index (χ1n) is 6.14. The average Bonchev–Trinajstić information content (AvgIpc) is 2.53. The summed E-state index contributed by atoms with van der Waals surface area (Å²) in [5.74, 6) is 0.677. The molecule has 0 aliphatic rings. The normalized spacial score (nSPS) is 10.4. The monoisotopic (exact) mass is 266 g/mol. The van der Waals surface area contributed by atoms with Gasteiger partial charge >= 0.3 is 0 Å². The number of carbonyl (C=O) groups is 2. The molecule has 20 heavy (non-hydrogen) atoms. The van der Waals surface area contributed by atoms with E-state index in [1.807, 2.05) is 24.3 Å². The molecule has 0 saturated carbocycles. The lowest BCUT2D eigenvalue weighted by atomic mass is 10.1. The number of allylic oxidation sites excluding steroid dienone is 1. The summed E-state index contributed by atoms with van der Waals surface area (Å²) in [6.45, 7) is 0. The van der Waals surface area contributed by atoms with Crippen LogP contribution in [0, 0.1) is 0 Å². The lowest BCUT2D eigenvalue weighted by Gasteiger charge is -1.99. The Hall–Kier alpha value is -2.68. The second kappa shape index (κ2) is 6.48. The van der Waals surface area contributed by atoms with Crippen LogP contribution < -0.4 is 4.74 Å². The number of benzene rings is 2. The van der Waals surface area contributed by atoms with Gasteiger partial charge in [0.25, 0.3) is 0 Å². The summed E-state index contributed by atoms with van der Waals surface area (Å²) < 4.78 is 5.07. The molecule has 2 aromatic rings. The highest BCUT2D eigenvalue weighted by Gasteiger charge is 2.01. The summed E-state index contributed by atoms with van der Waals surface area (Å²) in [6.07, 6.45) is 4.01. The Balaban J connectivity index is 2.08. The molecule has 0 spiro atoms. The maximum absolute atomic E-state index is 11.9. The first-order chi connectivity index (χ1) is 9.72. The summed E-state index contributed by atoms with van der Waals surface area (Å²) in [4.78, 5) is 22.5. The smallest absolute Gasteiger partial charge is 0.185 e. The van der Waals surface area contributed by atoms with E-state index in [2.05, 4.69) is 0 Å². The summed E-state index contributed by atoms with van der Waals surface area (Å²) in [5, 5.41) is 0. The maximum atomic E-state index is 11.9. The lowest BCUT2D eigenvalue weighted by Crippen LogP contribution is -1.94. The van der Waals surface area contributed by atoms with Crippen molar-refractivity contribution in [2.24, 2.45) is 0 Å². The molecule has 0 radical (unpaired) electrons. The van der Waals surface area contributed by atoms with E-state index in [0.29, 0.717) is 11.1 Å². The van der Waals surface area contributed by atoms with Crippen molar-refractivity contribution in [3.8, 4) is 5.75 Å². The van der Waals surface area contributed by atoms with Crippen molar-refractivity contribution in [3.63, 3.8) is 0 Å². The van der Waals surface area contributed by atoms with Gasteiger partial charge in [0.05, 0.1) is 7.11 Å². The van der Waals surface area contributed by atoms with Gasteiger partial charge in [0.1, 0.15) is 12.0 Å². The first-order valence-corrected chi connectivity index (χ1v) is 6.14. The van der Waals surface area contributed by atoms with E-state index in [0.717, 1.165) is 17.6 Å². The van der Waals surface area contributed by atoms with Crippen LogP contribution in [0.3, 0.4) is 0 Å². The highest BCUT2D eigenvalue weighted by atomic mass is 16.5.